The summed E-state index contributed by atoms with van der Waals surface area (Å²) in [5.41, 5.74) is 1.52. The zero-order valence-corrected chi connectivity index (χ0v) is 14.2. The molecule has 2 rings (SSSR count). The van der Waals surface area contributed by atoms with Crippen LogP contribution in [-0.2, 0) is 0 Å². The summed E-state index contributed by atoms with van der Waals surface area (Å²) in [4.78, 5) is 15.9. The molecule has 1 aromatic carbocycles. The predicted octanol–water partition coefficient (Wildman–Crippen LogP) is 3.37. The van der Waals surface area contributed by atoms with Gasteiger partial charge in [-0.15, -0.1) is 0 Å². The van der Waals surface area contributed by atoms with Gasteiger partial charge in [0.1, 0.15) is 17.3 Å². The Morgan fingerprint density at radius 1 is 1.12 bits per heavy atom. The van der Waals surface area contributed by atoms with Gasteiger partial charge in [0, 0.05) is 12.1 Å². The fourth-order valence-corrected chi connectivity index (χ4v) is 2.02. The van der Waals surface area contributed by atoms with Crippen LogP contribution in [0.1, 0.15) is 13.8 Å². The number of nitrogens with zero attached hydrogens (tertiary/aromatic N) is 1. The van der Waals surface area contributed by atoms with Crippen molar-refractivity contribution in [1.29, 1.82) is 0 Å². The number of urea groups is 1. The van der Waals surface area contributed by atoms with Gasteiger partial charge in [0.05, 0.1) is 31.8 Å². The number of methoxy groups -OCH3 is 2. The number of ether oxygens (including phenoxy) is 2. The number of aromatic nitrogens is 1. The molecule has 0 saturated carbocycles. The molecule has 0 bridgehead atoms. The zero-order chi connectivity index (χ0) is 17.5. The van der Waals surface area contributed by atoms with E-state index in [-0.39, 0.29) is 12.1 Å². The monoisotopic (exact) mass is 330 g/mol. The second-order valence-corrected chi connectivity index (χ2v) is 5.38. The van der Waals surface area contributed by atoms with Crippen molar-refractivity contribution in [3.8, 4) is 11.5 Å². The molecule has 7 nitrogen and oxygen atoms in total. The van der Waals surface area contributed by atoms with E-state index in [1.165, 1.54) is 0 Å². The van der Waals surface area contributed by atoms with Crippen molar-refractivity contribution in [2.75, 3.05) is 24.9 Å². The van der Waals surface area contributed by atoms with Crippen molar-refractivity contribution < 1.29 is 14.3 Å². The first-order valence-corrected chi connectivity index (χ1v) is 7.54. The number of rotatable bonds is 6. The largest absolute Gasteiger partial charge is 0.497 e. The van der Waals surface area contributed by atoms with E-state index in [0.717, 1.165) is 17.1 Å². The molecule has 0 spiro atoms. The molecule has 0 radical (unpaired) electrons. The normalized spacial score (nSPS) is 10.2. The summed E-state index contributed by atoms with van der Waals surface area (Å²) in [5, 5.41) is 8.62. The van der Waals surface area contributed by atoms with Crippen molar-refractivity contribution in [2.45, 2.75) is 19.9 Å². The summed E-state index contributed by atoms with van der Waals surface area (Å²) < 4.78 is 10.5. The van der Waals surface area contributed by atoms with Gasteiger partial charge in [0.15, 0.2) is 0 Å². The molecule has 1 aromatic heterocycles. The minimum atomic E-state index is -0.285. The maximum atomic E-state index is 11.6. The van der Waals surface area contributed by atoms with Crippen LogP contribution < -0.4 is 25.4 Å². The number of carbonyl (C=O) groups is 1. The number of pyridine rings is 1. The minimum absolute atomic E-state index is 0.0615. The van der Waals surface area contributed by atoms with Crippen LogP contribution in [0.15, 0.2) is 36.5 Å². The zero-order valence-electron chi connectivity index (χ0n) is 14.2. The molecule has 2 amide bonds. The van der Waals surface area contributed by atoms with E-state index >= 15 is 0 Å². The molecule has 0 atom stereocenters. The van der Waals surface area contributed by atoms with E-state index in [4.69, 9.17) is 9.47 Å². The number of amides is 2. The van der Waals surface area contributed by atoms with E-state index < -0.39 is 0 Å². The van der Waals surface area contributed by atoms with Gasteiger partial charge < -0.3 is 20.1 Å². The lowest BCUT2D eigenvalue weighted by molar-refractivity contribution is 0.250. The van der Waals surface area contributed by atoms with Crippen LogP contribution in [0.4, 0.5) is 22.0 Å². The molecular weight excluding hydrogens is 308 g/mol. The molecule has 1 heterocycles. The Kier molecular flexibility index (Phi) is 5.83. The molecule has 0 saturated heterocycles. The molecule has 0 aliphatic rings. The van der Waals surface area contributed by atoms with Crippen molar-refractivity contribution >= 4 is 23.2 Å². The Balaban J connectivity index is 2.07. The lowest BCUT2D eigenvalue weighted by atomic mass is 10.2. The van der Waals surface area contributed by atoms with Crippen LogP contribution >= 0.6 is 0 Å². The van der Waals surface area contributed by atoms with Crippen LogP contribution in [0.5, 0.6) is 11.5 Å². The Morgan fingerprint density at radius 3 is 2.50 bits per heavy atom. The quantitative estimate of drug-likeness (QED) is 0.756. The summed E-state index contributed by atoms with van der Waals surface area (Å²) in [6.07, 6.45) is 1.63. The first-order chi connectivity index (χ1) is 11.5. The molecule has 0 aliphatic heterocycles. The van der Waals surface area contributed by atoms with Gasteiger partial charge in [-0.05, 0) is 38.1 Å². The fourth-order valence-electron chi connectivity index (χ4n) is 2.02. The van der Waals surface area contributed by atoms with E-state index in [1.54, 1.807) is 26.5 Å². The third-order valence-corrected chi connectivity index (χ3v) is 3.11. The van der Waals surface area contributed by atoms with Crippen molar-refractivity contribution in [3.05, 3.63) is 36.5 Å². The lowest BCUT2D eigenvalue weighted by Gasteiger charge is -2.13. The van der Waals surface area contributed by atoms with Gasteiger partial charge >= 0.3 is 6.03 Å². The van der Waals surface area contributed by atoms with Crippen molar-refractivity contribution in [1.82, 2.24) is 10.3 Å². The fraction of sp³-hybridized carbons (Fsp3) is 0.294. The van der Waals surface area contributed by atoms with E-state index in [2.05, 4.69) is 20.9 Å². The Morgan fingerprint density at radius 2 is 1.92 bits per heavy atom. The molecule has 7 heteroatoms. The highest BCUT2D eigenvalue weighted by molar-refractivity contribution is 5.88. The number of carbonyl (C=O) groups excluding carboxylic acids is 1. The van der Waals surface area contributed by atoms with Gasteiger partial charge in [0.25, 0.3) is 0 Å². The summed E-state index contributed by atoms with van der Waals surface area (Å²) in [5.74, 6) is 1.88. The highest BCUT2D eigenvalue weighted by atomic mass is 16.5. The number of nitrogens with one attached hydrogen (secondary N) is 3. The van der Waals surface area contributed by atoms with E-state index in [0.29, 0.717) is 11.6 Å². The smallest absolute Gasteiger partial charge is 0.320 e. The average Bonchev–Trinajstić information content (AvgIpc) is 2.55. The maximum absolute atomic E-state index is 11.6. The highest BCUT2D eigenvalue weighted by Crippen LogP contribution is 2.31. The van der Waals surface area contributed by atoms with Crippen LogP contribution in [0.2, 0.25) is 0 Å². The molecule has 24 heavy (non-hydrogen) atoms. The number of hydrogen-bond donors (Lipinski definition) is 3. The standard InChI is InChI=1S/C17H22N4O3/c1-11(2)19-17(22)21-16-8-5-12(10-18-16)20-14-9-13(23-3)6-7-15(14)24-4/h5-11,20H,1-4H3,(H2,18,19,21,22). The summed E-state index contributed by atoms with van der Waals surface area (Å²) in [6.45, 7) is 3.78. The SMILES string of the molecule is COc1ccc(OC)c(Nc2ccc(NC(=O)NC(C)C)nc2)c1. The molecule has 0 fully saturated rings. The van der Waals surface area contributed by atoms with Gasteiger partial charge in [-0.1, -0.05) is 0 Å². The molecule has 3 N–H and O–H groups in total. The maximum Gasteiger partial charge on any atom is 0.320 e. The Bertz CT molecular complexity index is 687. The van der Waals surface area contributed by atoms with Crippen LogP contribution in [0.3, 0.4) is 0 Å². The first kappa shape index (κ1) is 17.4. The molecule has 0 unspecified atom stereocenters. The van der Waals surface area contributed by atoms with Gasteiger partial charge in [0.2, 0.25) is 0 Å². The Labute approximate surface area is 141 Å². The molecule has 0 aliphatic carbocycles. The topological polar surface area (TPSA) is 84.5 Å². The molecular formula is C17H22N4O3. The lowest BCUT2D eigenvalue weighted by Crippen LogP contribution is -2.34. The third kappa shape index (κ3) is 4.77. The van der Waals surface area contributed by atoms with Crippen LogP contribution in [0.25, 0.3) is 0 Å². The highest BCUT2D eigenvalue weighted by Gasteiger charge is 2.07. The third-order valence-electron chi connectivity index (χ3n) is 3.11. The second kappa shape index (κ2) is 8.05. The first-order valence-electron chi connectivity index (χ1n) is 7.54. The van der Waals surface area contributed by atoms with Gasteiger partial charge in [-0.2, -0.15) is 0 Å². The molecule has 128 valence electrons. The van der Waals surface area contributed by atoms with Crippen LogP contribution in [-0.4, -0.2) is 31.3 Å². The number of hydrogen-bond acceptors (Lipinski definition) is 5. The Hall–Kier alpha value is -2.96. The van der Waals surface area contributed by atoms with Crippen molar-refractivity contribution in [2.24, 2.45) is 0 Å². The van der Waals surface area contributed by atoms with Gasteiger partial charge in [-0.3, -0.25) is 5.32 Å². The average molecular weight is 330 g/mol. The van der Waals surface area contributed by atoms with Crippen LogP contribution in [0, 0.1) is 0 Å². The summed E-state index contributed by atoms with van der Waals surface area (Å²) in [7, 11) is 3.21. The summed E-state index contributed by atoms with van der Waals surface area (Å²) >= 11 is 0. The van der Waals surface area contributed by atoms with Gasteiger partial charge in [-0.25, -0.2) is 9.78 Å². The summed E-state index contributed by atoms with van der Waals surface area (Å²) in [6, 6.07) is 8.79. The van der Waals surface area contributed by atoms with E-state index in [1.807, 2.05) is 38.1 Å². The van der Waals surface area contributed by atoms with E-state index in [9.17, 15) is 4.79 Å². The van der Waals surface area contributed by atoms with Crippen molar-refractivity contribution in [3.63, 3.8) is 0 Å². The number of anilines is 3. The molecule has 2 aromatic rings. The number of benzene rings is 1. The minimum Gasteiger partial charge on any atom is -0.497 e. The second-order valence-electron chi connectivity index (χ2n) is 5.38. The predicted molar refractivity (Wildman–Crippen MR) is 94.4 cm³/mol.